The molecule has 0 heterocycles. The summed E-state index contributed by atoms with van der Waals surface area (Å²) in [6.45, 7) is 2.53. The van der Waals surface area contributed by atoms with Crippen LogP contribution in [0.3, 0.4) is 0 Å². The van der Waals surface area contributed by atoms with Crippen molar-refractivity contribution in [2.75, 3.05) is 11.5 Å². The van der Waals surface area contributed by atoms with Gasteiger partial charge in [0.2, 0.25) is 0 Å². The molecule has 0 aliphatic rings. The van der Waals surface area contributed by atoms with Crippen molar-refractivity contribution in [2.24, 2.45) is 0 Å². The Labute approximate surface area is 135 Å². The predicted molar refractivity (Wildman–Crippen MR) is 78.2 cm³/mol. The Morgan fingerprint density at radius 2 is 1.38 bits per heavy atom. The zero-order chi connectivity index (χ0) is 16.1. The molecule has 0 amide bonds. The van der Waals surface area contributed by atoms with Crippen molar-refractivity contribution >= 4 is 50.5 Å². The van der Waals surface area contributed by atoms with Gasteiger partial charge in [0.25, 0.3) is 0 Å². The molecule has 0 radical (unpaired) electrons. The molecule has 8 nitrogen and oxygen atoms in total. The second kappa shape index (κ2) is 8.78. The average molecular weight is 338 g/mol. The summed E-state index contributed by atoms with van der Waals surface area (Å²) in [5.74, 6) is -3.95. The average Bonchev–Trinajstić information content (AvgIpc) is 2.32. The van der Waals surface area contributed by atoms with Gasteiger partial charge in [0, 0.05) is 11.5 Å². The van der Waals surface area contributed by atoms with Crippen LogP contribution in [0.25, 0.3) is 0 Å². The summed E-state index contributed by atoms with van der Waals surface area (Å²) in [5.41, 5.74) is 0. The Balaban J connectivity index is 0. The van der Waals surface area contributed by atoms with Crippen LogP contribution < -0.4 is 0 Å². The van der Waals surface area contributed by atoms with Gasteiger partial charge in [-0.2, -0.15) is 0 Å². The van der Waals surface area contributed by atoms with Gasteiger partial charge < -0.3 is 10.2 Å². The normalized spacial score (nSPS) is 14.8. The van der Waals surface area contributed by atoms with Crippen LogP contribution in [0.5, 0.6) is 0 Å². The minimum atomic E-state index is -4.02. The third-order valence-corrected chi connectivity index (χ3v) is 7.15. The number of hydrogen-bond donors (Lipinski definition) is 2. The van der Waals surface area contributed by atoms with Crippen LogP contribution in [0.15, 0.2) is 0 Å². The molecule has 0 rings (SSSR count). The third-order valence-electron chi connectivity index (χ3n) is 2.90. The quantitative estimate of drug-likeness (QED) is 0.504. The molecule has 0 aromatic heterocycles. The fourth-order valence-corrected chi connectivity index (χ4v) is 4.34. The Morgan fingerprint density at radius 3 is 1.67 bits per heavy atom. The number of aliphatic carboxylic acids is 2. The van der Waals surface area contributed by atoms with Crippen LogP contribution in [0.2, 0.25) is 0 Å². The summed E-state index contributed by atoms with van der Waals surface area (Å²) in [6, 6.07) is 0. The second-order valence-corrected chi connectivity index (χ2v) is 9.23. The summed E-state index contributed by atoms with van der Waals surface area (Å²) < 4.78 is 46.8. The van der Waals surface area contributed by atoms with Gasteiger partial charge in [-0.15, -0.1) is 0 Å². The van der Waals surface area contributed by atoms with Crippen LogP contribution in [0.1, 0.15) is 26.7 Å². The van der Waals surface area contributed by atoms with Gasteiger partial charge in [-0.05, 0) is 6.42 Å². The van der Waals surface area contributed by atoms with Crippen LogP contribution in [-0.4, -0.2) is 79.9 Å². The molecule has 2 N–H and O–H groups in total. The van der Waals surface area contributed by atoms with E-state index in [9.17, 15) is 26.4 Å². The van der Waals surface area contributed by atoms with E-state index in [1.165, 1.54) is 13.8 Å². The van der Waals surface area contributed by atoms with E-state index in [1.807, 2.05) is 0 Å². The zero-order valence-corrected chi connectivity index (χ0v) is 12.8. The summed E-state index contributed by atoms with van der Waals surface area (Å²) in [4.78, 5) is 21.7. The molecule has 0 bridgehead atoms. The van der Waals surface area contributed by atoms with Gasteiger partial charge in [0.15, 0.2) is 24.9 Å². The first kappa shape index (κ1) is 22.7. The SMILES string of the molecule is CCS(=O)(=O)C(CC(=O)O)CC(C(=O)O)S(=O)(=O)CC.[LiH]. The Hall–Kier alpha value is -0.563. The van der Waals surface area contributed by atoms with E-state index in [0.717, 1.165) is 0 Å². The topological polar surface area (TPSA) is 143 Å². The molecule has 0 fully saturated rings. The molecule has 0 aliphatic carbocycles. The van der Waals surface area contributed by atoms with Gasteiger partial charge in [0.1, 0.15) is 0 Å². The van der Waals surface area contributed by atoms with Crippen molar-refractivity contribution in [3.05, 3.63) is 0 Å². The first-order chi connectivity index (χ1) is 8.97. The molecule has 0 spiro atoms. The van der Waals surface area contributed by atoms with Crippen LogP contribution in [0.4, 0.5) is 0 Å². The van der Waals surface area contributed by atoms with Gasteiger partial charge in [-0.25, -0.2) is 16.8 Å². The van der Waals surface area contributed by atoms with Crippen molar-refractivity contribution in [1.29, 1.82) is 0 Å². The Morgan fingerprint density at radius 1 is 0.952 bits per heavy atom. The maximum atomic E-state index is 11.8. The van der Waals surface area contributed by atoms with E-state index < -0.39 is 60.7 Å². The summed E-state index contributed by atoms with van der Waals surface area (Å²) >= 11 is 0. The zero-order valence-electron chi connectivity index (χ0n) is 11.1. The van der Waals surface area contributed by atoms with E-state index in [0.29, 0.717) is 0 Å². The Kier molecular flexibility index (Phi) is 9.49. The molecule has 0 saturated heterocycles. The molecular weight excluding hydrogens is 319 g/mol. The van der Waals surface area contributed by atoms with Crippen molar-refractivity contribution in [3.63, 3.8) is 0 Å². The third kappa shape index (κ3) is 6.82. The molecular formula is C10H19LiO8S2. The van der Waals surface area contributed by atoms with E-state index in [1.54, 1.807) is 0 Å². The number of carboxylic acids is 2. The molecule has 0 aromatic rings. The first-order valence-electron chi connectivity index (χ1n) is 5.85. The molecule has 2 atom stereocenters. The van der Waals surface area contributed by atoms with Crippen LogP contribution in [0, 0.1) is 0 Å². The number of carbonyl (C=O) groups is 2. The van der Waals surface area contributed by atoms with Crippen molar-refractivity contribution in [3.8, 4) is 0 Å². The number of rotatable bonds is 9. The van der Waals surface area contributed by atoms with E-state index >= 15 is 0 Å². The van der Waals surface area contributed by atoms with Gasteiger partial charge in [-0.1, -0.05) is 13.8 Å². The van der Waals surface area contributed by atoms with Crippen molar-refractivity contribution in [2.45, 2.75) is 37.2 Å². The van der Waals surface area contributed by atoms with Crippen LogP contribution >= 0.6 is 0 Å². The van der Waals surface area contributed by atoms with Crippen molar-refractivity contribution < 1.29 is 36.6 Å². The molecule has 11 heteroatoms. The number of hydrogen-bond acceptors (Lipinski definition) is 6. The second-order valence-electron chi connectivity index (χ2n) is 4.19. The fourth-order valence-electron chi connectivity index (χ4n) is 1.63. The summed E-state index contributed by atoms with van der Waals surface area (Å²) in [7, 11) is -7.88. The molecule has 0 aliphatic heterocycles. The van der Waals surface area contributed by atoms with E-state index in [4.69, 9.17) is 10.2 Å². The van der Waals surface area contributed by atoms with E-state index in [-0.39, 0.29) is 24.6 Å². The summed E-state index contributed by atoms with van der Waals surface area (Å²) in [6.07, 6.45) is -1.58. The Bertz CT molecular complexity index is 566. The molecule has 2 unspecified atom stereocenters. The van der Waals surface area contributed by atoms with Gasteiger partial charge in [0.05, 0.1) is 11.7 Å². The predicted octanol–water partition coefficient (Wildman–Crippen LogP) is -1.11. The van der Waals surface area contributed by atoms with Crippen LogP contribution in [-0.2, 0) is 29.3 Å². The van der Waals surface area contributed by atoms with E-state index in [2.05, 4.69) is 0 Å². The van der Waals surface area contributed by atoms with Gasteiger partial charge >= 0.3 is 30.8 Å². The van der Waals surface area contributed by atoms with Gasteiger partial charge in [-0.3, -0.25) is 9.59 Å². The fraction of sp³-hybridized carbons (Fsp3) is 0.800. The minimum absolute atomic E-state index is 0. The molecule has 0 saturated carbocycles. The first-order valence-corrected chi connectivity index (χ1v) is 9.28. The molecule has 120 valence electrons. The number of carboxylic acid groups (broad SMARTS) is 2. The van der Waals surface area contributed by atoms with Crippen molar-refractivity contribution in [1.82, 2.24) is 0 Å². The molecule has 21 heavy (non-hydrogen) atoms. The monoisotopic (exact) mass is 338 g/mol. The number of sulfone groups is 2. The summed E-state index contributed by atoms with van der Waals surface area (Å²) in [5, 5.41) is 14.2. The molecule has 0 aromatic carbocycles. The standard InChI is InChI=1S/C10H18O8S2.Li.H/c1-3-19(15,16)7(6-9(11)12)5-8(10(13)14)20(17,18)4-2;;/h7-8H,3-6H2,1-2H3,(H,11,12)(H,13,14);;. The maximum absolute atomic E-state index is 11.8.